The zero-order chi connectivity index (χ0) is 29.4. The Bertz CT molecular complexity index is 1430. The standard InChI is InChI=1S/C29H33Cl2N3O5S/c1-5-25(29(36)32-20(2)3)33(18-21-15-16-22(30)17-24(21)31)28(35)19-34(26-13-9-10-14-27(26)39-4)40(37,38)23-11-7-6-8-12-23/h6-17,20,25H,5,18-19H2,1-4H3,(H,32,36)/t25-/m0/s1. The SMILES string of the molecule is CC[C@@H](C(=O)NC(C)C)N(Cc1ccc(Cl)cc1Cl)C(=O)CN(c1ccccc1OC)S(=O)(=O)c1ccccc1. The van der Waals surface area contributed by atoms with E-state index in [1.165, 1.54) is 24.1 Å². The predicted molar refractivity (Wildman–Crippen MR) is 158 cm³/mol. The molecule has 0 aromatic heterocycles. The lowest BCUT2D eigenvalue weighted by Crippen LogP contribution is -2.53. The number of benzene rings is 3. The molecular formula is C29H33Cl2N3O5S. The fourth-order valence-electron chi connectivity index (χ4n) is 4.20. The summed E-state index contributed by atoms with van der Waals surface area (Å²) in [5.41, 5.74) is 0.747. The van der Waals surface area contributed by atoms with Crippen LogP contribution in [-0.2, 0) is 26.2 Å². The van der Waals surface area contributed by atoms with E-state index in [0.29, 0.717) is 15.6 Å². The quantitative estimate of drug-likeness (QED) is 0.293. The van der Waals surface area contributed by atoms with E-state index in [1.54, 1.807) is 67.6 Å². The van der Waals surface area contributed by atoms with Gasteiger partial charge in [0.25, 0.3) is 10.0 Å². The Morgan fingerprint density at radius 1 is 0.975 bits per heavy atom. The third-order valence-corrected chi connectivity index (χ3v) is 8.50. The minimum Gasteiger partial charge on any atom is -0.495 e. The molecule has 8 nitrogen and oxygen atoms in total. The smallest absolute Gasteiger partial charge is 0.264 e. The van der Waals surface area contributed by atoms with Crippen molar-refractivity contribution in [1.29, 1.82) is 0 Å². The molecule has 0 spiro atoms. The highest BCUT2D eigenvalue weighted by Gasteiger charge is 2.35. The average Bonchev–Trinajstić information content (AvgIpc) is 2.92. The molecule has 214 valence electrons. The Kier molecular flexibility index (Phi) is 10.8. The van der Waals surface area contributed by atoms with Crippen LogP contribution in [0.25, 0.3) is 0 Å². The Morgan fingerprint density at radius 3 is 2.23 bits per heavy atom. The maximum Gasteiger partial charge on any atom is 0.264 e. The van der Waals surface area contributed by atoms with Crippen molar-refractivity contribution in [3.8, 4) is 5.75 Å². The van der Waals surface area contributed by atoms with Gasteiger partial charge in [-0.3, -0.25) is 13.9 Å². The summed E-state index contributed by atoms with van der Waals surface area (Å²) < 4.78 is 34.3. The van der Waals surface area contributed by atoms with Gasteiger partial charge in [0.15, 0.2) is 0 Å². The number of hydrogen-bond donors (Lipinski definition) is 1. The van der Waals surface area contributed by atoms with Gasteiger partial charge >= 0.3 is 0 Å². The van der Waals surface area contributed by atoms with E-state index in [2.05, 4.69) is 5.32 Å². The van der Waals surface area contributed by atoms with E-state index in [9.17, 15) is 18.0 Å². The third kappa shape index (κ3) is 7.47. The lowest BCUT2D eigenvalue weighted by molar-refractivity contribution is -0.140. The third-order valence-electron chi connectivity index (χ3n) is 6.14. The monoisotopic (exact) mass is 605 g/mol. The average molecular weight is 607 g/mol. The van der Waals surface area contributed by atoms with Crippen LogP contribution >= 0.6 is 23.2 Å². The van der Waals surface area contributed by atoms with Gasteiger partial charge in [0, 0.05) is 22.6 Å². The van der Waals surface area contributed by atoms with Crippen LogP contribution in [0.15, 0.2) is 77.7 Å². The second kappa shape index (κ2) is 13.9. The molecule has 11 heteroatoms. The molecule has 0 radical (unpaired) electrons. The van der Waals surface area contributed by atoms with Crippen LogP contribution in [0.1, 0.15) is 32.8 Å². The van der Waals surface area contributed by atoms with Crippen molar-refractivity contribution in [3.05, 3.63) is 88.4 Å². The minimum atomic E-state index is -4.21. The molecule has 3 aromatic carbocycles. The van der Waals surface area contributed by atoms with Crippen LogP contribution < -0.4 is 14.4 Å². The van der Waals surface area contributed by atoms with Crippen LogP contribution in [0.2, 0.25) is 10.0 Å². The molecule has 0 aliphatic rings. The maximum atomic E-state index is 14.1. The zero-order valence-corrected chi connectivity index (χ0v) is 25.1. The summed E-state index contributed by atoms with van der Waals surface area (Å²) in [6.07, 6.45) is 0.287. The molecule has 0 unspecified atom stereocenters. The molecule has 1 atom stereocenters. The van der Waals surface area contributed by atoms with Gasteiger partial charge in [-0.1, -0.05) is 66.5 Å². The van der Waals surface area contributed by atoms with E-state index in [-0.39, 0.29) is 41.2 Å². The molecule has 0 aliphatic carbocycles. The number of carbonyl (C=O) groups is 2. The van der Waals surface area contributed by atoms with Gasteiger partial charge in [-0.25, -0.2) is 8.42 Å². The molecule has 0 saturated heterocycles. The molecule has 0 bridgehead atoms. The summed E-state index contributed by atoms with van der Waals surface area (Å²) >= 11 is 12.5. The lowest BCUT2D eigenvalue weighted by Gasteiger charge is -2.34. The van der Waals surface area contributed by atoms with E-state index in [1.807, 2.05) is 13.8 Å². The highest BCUT2D eigenvalue weighted by atomic mass is 35.5. The molecule has 40 heavy (non-hydrogen) atoms. The van der Waals surface area contributed by atoms with E-state index in [0.717, 1.165) is 4.31 Å². The number of methoxy groups -OCH3 is 1. The van der Waals surface area contributed by atoms with Gasteiger partial charge in [0.1, 0.15) is 18.3 Å². The molecule has 0 fully saturated rings. The summed E-state index contributed by atoms with van der Waals surface area (Å²) in [4.78, 5) is 28.7. The first-order valence-electron chi connectivity index (χ1n) is 12.7. The number of anilines is 1. The highest BCUT2D eigenvalue weighted by molar-refractivity contribution is 7.92. The number of nitrogens with one attached hydrogen (secondary N) is 1. The Hall–Kier alpha value is -3.27. The molecular weight excluding hydrogens is 573 g/mol. The van der Waals surface area contributed by atoms with Crippen LogP contribution in [0.4, 0.5) is 5.69 Å². The Morgan fingerprint density at radius 2 is 1.62 bits per heavy atom. The molecule has 2 amide bonds. The van der Waals surface area contributed by atoms with Crippen molar-refractivity contribution in [2.75, 3.05) is 18.0 Å². The van der Waals surface area contributed by atoms with Gasteiger partial charge in [-0.15, -0.1) is 0 Å². The summed E-state index contributed by atoms with van der Waals surface area (Å²) in [6.45, 7) is 4.80. The van der Waals surface area contributed by atoms with Crippen molar-refractivity contribution >= 4 is 50.7 Å². The number of hydrogen-bond acceptors (Lipinski definition) is 5. The topological polar surface area (TPSA) is 96.0 Å². The molecule has 0 heterocycles. The molecule has 3 rings (SSSR count). The fourth-order valence-corrected chi connectivity index (χ4v) is 6.12. The van der Waals surface area contributed by atoms with Gasteiger partial charge < -0.3 is 15.0 Å². The van der Waals surface area contributed by atoms with Gasteiger partial charge in [-0.2, -0.15) is 0 Å². The Labute approximate surface area is 245 Å². The molecule has 0 saturated carbocycles. The van der Waals surface area contributed by atoms with Crippen molar-refractivity contribution < 1.29 is 22.7 Å². The Balaban J connectivity index is 2.11. The number of rotatable bonds is 12. The second-order valence-corrected chi connectivity index (χ2v) is 12.0. The fraction of sp³-hybridized carbons (Fsp3) is 0.310. The van der Waals surface area contributed by atoms with E-state index >= 15 is 0 Å². The number of nitrogens with zero attached hydrogens (tertiary/aromatic N) is 2. The molecule has 0 aliphatic heterocycles. The summed E-state index contributed by atoms with van der Waals surface area (Å²) in [7, 11) is -2.79. The normalized spacial score (nSPS) is 12.1. The number of amides is 2. The largest absolute Gasteiger partial charge is 0.495 e. The molecule has 3 aromatic rings. The number of halogens is 2. The number of carbonyl (C=O) groups excluding carboxylic acids is 2. The van der Waals surface area contributed by atoms with Crippen molar-refractivity contribution in [3.63, 3.8) is 0 Å². The second-order valence-electron chi connectivity index (χ2n) is 9.34. The number of para-hydroxylation sites is 2. The van der Waals surface area contributed by atoms with Gasteiger partial charge in [-0.05, 0) is 62.2 Å². The van der Waals surface area contributed by atoms with Crippen LogP contribution in [-0.4, -0.2) is 50.9 Å². The van der Waals surface area contributed by atoms with Crippen LogP contribution in [0.5, 0.6) is 5.75 Å². The van der Waals surface area contributed by atoms with Crippen LogP contribution in [0.3, 0.4) is 0 Å². The number of ether oxygens (including phenoxy) is 1. The van der Waals surface area contributed by atoms with E-state index in [4.69, 9.17) is 27.9 Å². The predicted octanol–water partition coefficient (Wildman–Crippen LogP) is 5.53. The van der Waals surface area contributed by atoms with Crippen molar-refractivity contribution in [1.82, 2.24) is 10.2 Å². The van der Waals surface area contributed by atoms with Crippen LogP contribution in [0, 0.1) is 0 Å². The van der Waals surface area contributed by atoms with Gasteiger partial charge in [0.05, 0.1) is 17.7 Å². The minimum absolute atomic E-state index is 0.00518. The first-order chi connectivity index (χ1) is 19.0. The zero-order valence-electron chi connectivity index (χ0n) is 22.8. The first-order valence-corrected chi connectivity index (χ1v) is 14.9. The summed E-state index contributed by atoms with van der Waals surface area (Å²) in [5.74, 6) is -0.681. The summed E-state index contributed by atoms with van der Waals surface area (Å²) in [5, 5.41) is 3.60. The lowest BCUT2D eigenvalue weighted by atomic mass is 10.1. The molecule has 1 N–H and O–H groups in total. The first kappa shape index (κ1) is 31.3. The van der Waals surface area contributed by atoms with Crippen molar-refractivity contribution in [2.24, 2.45) is 0 Å². The number of sulfonamides is 1. The van der Waals surface area contributed by atoms with E-state index < -0.39 is 28.5 Å². The van der Waals surface area contributed by atoms with Crippen molar-refractivity contribution in [2.45, 2.75) is 50.7 Å². The maximum absolute atomic E-state index is 14.1. The summed E-state index contributed by atoms with van der Waals surface area (Å²) in [6, 6.07) is 18.2. The highest BCUT2D eigenvalue weighted by Crippen LogP contribution is 2.33. The van der Waals surface area contributed by atoms with Gasteiger partial charge in [0.2, 0.25) is 11.8 Å².